The first-order chi connectivity index (χ1) is 6.79. The summed E-state index contributed by atoms with van der Waals surface area (Å²) in [6, 6.07) is 0.375. The van der Waals surface area contributed by atoms with Crippen molar-refractivity contribution in [2.75, 3.05) is 6.54 Å². The van der Waals surface area contributed by atoms with Gasteiger partial charge in [0.25, 0.3) is 5.91 Å². The van der Waals surface area contributed by atoms with Gasteiger partial charge in [0.2, 0.25) is 0 Å². The zero-order valence-corrected chi connectivity index (χ0v) is 9.09. The van der Waals surface area contributed by atoms with E-state index in [1.165, 1.54) is 17.8 Å². The second kappa shape index (κ2) is 4.09. The average molecular weight is 210 g/mol. The van der Waals surface area contributed by atoms with Crippen LogP contribution in [-0.4, -0.2) is 28.4 Å². The second-order valence-corrected chi connectivity index (χ2v) is 4.58. The summed E-state index contributed by atoms with van der Waals surface area (Å²) in [5, 5.41) is 2.47. The zero-order valence-electron chi connectivity index (χ0n) is 8.27. The number of amides is 1. The number of likely N-dealkylation sites (tertiary alicyclic amines) is 1. The molecule has 2 heterocycles. The highest BCUT2D eigenvalue weighted by Crippen LogP contribution is 2.19. The van der Waals surface area contributed by atoms with Crippen LogP contribution in [0.15, 0.2) is 11.6 Å². The summed E-state index contributed by atoms with van der Waals surface area (Å²) >= 11 is 1.42. The molecule has 1 fully saturated rings. The molecule has 1 aromatic heterocycles. The Balaban J connectivity index is 2.10. The third kappa shape index (κ3) is 1.80. The van der Waals surface area contributed by atoms with Crippen LogP contribution in [-0.2, 0) is 0 Å². The van der Waals surface area contributed by atoms with E-state index in [2.05, 4.69) is 11.9 Å². The molecular formula is C10H14N2OS. The molecule has 2 rings (SSSR count). The van der Waals surface area contributed by atoms with Crippen LogP contribution in [0.4, 0.5) is 0 Å². The molecule has 0 spiro atoms. The van der Waals surface area contributed by atoms with Crippen molar-refractivity contribution in [1.29, 1.82) is 0 Å². The van der Waals surface area contributed by atoms with Crippen molar-refractivity contribution in [2.45, 2.75) is 32.2 Å². The summed E-state index contributed by atoms with van der Waals surface area (Å²) in [6.07, 6.45) is 5.17. The minimum Gasteiger partial charge on any atom is -0.334 e. The van der Waals surface area contributed by atoms with Gasteiger partial charge in [0, 0.05) is 24.2 Å². The van der Waals surface area contributed by atoms with E-state index in [-0.39, 0.29) is 5.91 Å². The molecule has 0 N–H and O–H groups in total. The molecule has 0 saturated carbocycles. The Morgan fingerprint density at radius 3 is 3.14 bits per heavy atom. The molecule has 14 heavy (non-hydrogen) atoms. The standard InChI is InChI=1S/C10H14N2OS/c1-8-4-2-3-6-12(8)10(13)9-11-5-7-14-9/h5,7-8H,2-4,6H2,1H3. The van der Waals surface area contributed by atoms with Crippen molar-refractivity contribution >= 4 is 17.2 Å². The van der Waals surface area contributed by atoms with Gasteiger partial charge in [0.05, 0.1) is 0 Å². The van der Waals surface area contributed by atoms with Crippen LogP contribution in [0, 0.1) is 0 Å². The minimum absolute atomic E-state index is 0.104. The maximum Gasteiger partial charge on any atom is 0.283 e. The number of carbonyl (C=O) groups excluding carboxylic acids is 1. The molecular weight excluding hydrogens is 196 g/mol. The number of thiazole rings is 1. The predicted octanol–water partition coefficient (Wildman–Crippen LogP) is 2.16. The van der Waals surface area contributed by atoms with Gasteiger partial charge in [-0.25, -0.2) is 4.98 Å². The maximum absolute atomic E-state index is 11.9. The van der Waals surface area contributed by atoms with Gasteiger partial charge in [0.1, 0.15) is 0 Å². The van der Waals surface area contributed by atoms with Gasteiger partial charge >= 0.3 is 0 Å². The highest BCUT2D eigenvalue weighted by molar-refractivity contribution is 7.11. The van der Waals surface area contributed by atoms with E-state index in [0.29, 0.717) is 11.0 Å². The van der Waals surface area contributed by atoms with Crippen molar-refractivity contribution in [3.63, 3.8) is 0 Å². The van der Waals surface area contributed by atoms with Gasteiger partial charge in [-0.05, 0) is 26.2 Å². The van der Waals surface area contributed by atoms with Crippen molar-refractivity contribution in [1.82, 2.24) is 9.88 Å². The number of nitrogens with zero attached hydrogens (tertiary/aromatic N) is 2. The molecule has 76 valence electrons. The third-order valence-electron chi connectivity index (χ3n) is 2.68. The lowest BCUT2D eigenvalue weighted by atomic mass is 10.0. The Bertz CT molecular complexity index is 310. The second-order valence-electron chi connectivity index (χ2n) is 3.68. The Labute approximate surface area is 87.8 Å². The molecule has 1 aromatic rings. The number of rotatable bonds is 1. The fourth-order valence-corrected chi connectivity index (χ4v) is 2.44. The summed E-state index contributed by atoms with van der Waals surface area (Å²) in [5.41, 5.74) is 0. The van der Waals surface area contributed by atoms with E-state index in [4.69, 9.17) is 0 Å². The van der Waals surface area contributed by atoms with Crippen molar-refractivity contribution in [3.8, 4) is 0 Å². The predicted molar refractivity (Wildman–Crippen MR) is 56.5 cm³/mol. The average Bonchev–Trinajstić information content (AvgIpc) is 2.70. The van der Waals surface area contributed by atoms with Gasteiger partial charge in [-0.3, -0.25) is 4.79 Å². The van der Waals surface area contributed by atoms with E-state index in [1.807, 2.05) is 10.3 Å². The normalized spacial score (nSPS) is 22.4. The summed E-state index contributed by atoms with van der Waals surface area (Å²) in [6.45, 7) is 3.00. The molecule has 0 aliphatic carbocycles. The van der Waals surface area contributed by atoms with Gasteiger partial charge in [-0.15, -0.1) is 11.3 Å². The molecule has 3 nitrogen and oxygen atoms in total. The first kappa shape index (κ1) is 9.65. The fraction of sp³-hybridized carbons (Fsp3) is 0.600. The molecule has 1 amide bonds. The first-order valence-corrected chi connectivity index (χ1v) is 5.87. The van der Waals surface area contributed by atoms with Crippen molar-refractivity contribution < 1.29 is 4.79 Å². The van der Waals surface area contributed by atoms with E-state index in [1.54, 1.807) is 6.20 Å². The van der Waals surface area contributed by atoms with Gasteiger partial charge in [-0.2, -0.15) is 0 Å². The van der Waals surface area contributed by atoms with Gasteiger partial charge in [0.15, 0.2) is 5.01 Å². The summed E-state index contributed by atoms with van der Waals surface area (Å²) in [5.74, 6) is 0.104. The monoisotopic (exact) mass is 210 g/mol. The maximum atomic E-state index is 11.9. The highest BCUT2D eigenvalue weighted by atomic mass is 32.1. The van der Waals surface area contributed by atoms with Crippen LogP contribution in [0.25, 0.3) is 0 Å². The lowest BCUT2D eigenvalue weighted by Crippen LogP contribution is -2.41. The third-order valence-corrected chi connectivity index (χ3v) is 3.44. The number of aromatic nitrogens is 1. The van der Waals surface area contributed by atoms with Gasteiger partial charge in [-0.1, -0.05) is 0 Å². The Morgan fingerprint density at radius 2 is 2.50 bits per heavy atom. The smallest absolute Gasteiger partial charge is 0.283 e. The molecule has 1 atom stereocenters. The van der Waals surface area contributed by atoms with E-state index in [0.717, 1.165) is 19.4 Å². The summed E-state index contributed by atoms with van der Waals surface area (Å²) < 4.78 is 0. The van der Waals surface area contributed by atoms with Crippen LogP contribution in [0.1, 0.15) is 36.0 Å². The number of hydrogen-bond donors (Lipinski definition) is 0. The number of piperidine rings is 1. The lowest BCUT2D eigenvalue weighted by Gasteiger charge is -2.32. The minimum atomic E-state index is 0.104. The summed E-state index contributed by atoms with van der Waals surface area (Å²) in [4.78, 5) is 17.9. The van der Waals surface area contributed by atoms with E-state index >= 15 is 0 Å². The molecule has 1 aliphatic rings. The molecule has 4 heteroatoms. The van der Waals surface area contributed by atoms with Crippen molar-refractivity contribution in [3.05, 3.63) is 16.6 Å². The molecule has 1 saturated heterocycles. The Hall–Kier alpha value is -0.900. The van der Waals surface area contributed by atoms with Crippen LogP contribution in [0.5, 0.6) is 0 Å². The molecule has 1 unspecified atom stereocenters. The van der Waals surface area contributed by atoms with Gasteiger partial charge < -0.3 is 4.90 Å². The van der Waals surface area contributed by atoms with Crippen LogP contribution < -0.4 is 0 Å². The van der Waals surface area contributed by atoms with Crippen molar-refractivity contribution in [2.24, 2.45) is 0 Å². The summed E-state index contributed by atoms with van der Waals surface area (Å²) in [7, 11) is 0. The fourth-order valence-electron chi connectivity index (χ4n) is 1.85. The number of carbonyl (C=O) groups is 1. The quantitative estimate of drug-likeness (QED) is 0.711. The van der Waals surface area contributed by atoms with E-state index < -0.39 is 0 Å². The van der Waals surface area contributed by atoms with Crippen LogP contribution >= 0.6 is 11.3 Å². The molecule has 0 radical (unpaired) electrons. The van der Waals surface area contributed by atoms with Crippen LogP contribution in [0.2, 0.25) is 0 Å². The molecule has 0 bridgehead atoms. The SMILES string of the molecule is CC1CCCCN1C(=O)c1nccs1. The molecule has 0 aromatic carbocycles. The lowest BCUT2D eigenvalue weighted by molar-refractivity contribution is 0.0635. The molecule has 1 aliphatic heterocycles. The zero-order chi connectivity index (χ0) is 9.97. The highest BCUT2D eigenvalue weighted by Gasteiger charge is 2.25. The van der Waals surface area contributed by atoms with Crippen LogP contribution in [0.3, 0.4) is 0 Å². The Morgan fingerprint density at radius 1 is 1.64 bits per heavy atom. The largest absolute Gasteiger partial charge is 0.334 e. The topological polar surface area (TPSA) is 33.2 Å². The first-order valence-electron chi connectivity index (χ1n) is 4.99. The Kier molecular flexibility index (Phi) is 2.82. The number of hydrogen-bond acceptors (Lipinski definition) is 3. The van der Waals surface area contributed by atoms with E-state index in [9.17, 15) is 4.79 Å².